The first-order valence-electron chi connectivity index (χ1n) is 12.4. The van der Waals surface area contributed by atoms with Crippen molar-refractivity contribution in [3.05, 3.63) is 35.0 Å². The van der Waals surface area contributed by atoms with E-state index in [-0.39, 0.29) is 5.91 Å². The number of rotatable bonds is 12. The van der Waals surface area contributed by atoms with Crippen LogP contribution in [0.2, 0.25) is 5.02 Å². The van der Waals surface area contributed by atoms with E-state index in [0.717, 1.165) is 25.0 Å². The van der Waals surface area contributed by atoms with E-state index in [9.17, 15) is 15.1 Å². The second kappa shape index (κ2) is 12.7. The monoisotopic (exact) mass is 491 g/mol. The predicted octanol–water partition coefficient (Wildman–Crippen LogP) is 5.27. The van der Waals surface area contributed by atoms with Crippen LogP contribution >= 0.6 is 11.6 Å². The summed E-state index contributed by atoms with van der Waals surface area (Å²) in [5.74, 6) is 0.290. The molecule has 3 rings (SSSR count). The first kappa shape index (κ1) is 26.7. The molecule has 7 nitrogen and oxygen atoms in total. The SMILES string of the molecule is CCCCCCCN1CCC(CCC(O)c2c(Cl)cnc3ccc(OC)cc23)(C(=O)NO)CC1. The minimum atomic E-state index is -0.870. The van der Waals surface area contributed by atoms with E-state index >= 15 is 0 Å². The molecule has 1 aliphatic rings. The van der Waals surface area contributed by atoms with E-state index in [1.807, 2.05) is 23.7 Å². The Bertz CT molecular complexity index is 947. The van der Waals surface area contributed by atoms with Crippen molar-refractivity contribution >= 4 is 28.4 Å². The van der Waals surface area contributed by atoms with E-state index in [0.29, 0.717) is 47.5 Å². The second-order valence-electron chi connectivity index (χ2n) is 9.43. The van der Waals surface area contributed by atoms with Crippen molar-refractivity contribution in [3.63, 3.8) is 0 Å². The maximum absolute atomic E-state index is 12.7. The molecule has 0 aliphatic carbocycles. The molecule has 2 aromatic rings. The maximum Gasteiger partial charge on any atom is 0.249 e. The number of hydroxylamine groups is 1. The third-order valence-electron chi connectivity index (χ3n) is 7.27. The van der Waals surface area contributed by atoms with Gasteiger partial charge >= 0.3 is 0 Å². The van der Waals surface area contributed by atoms with E-state index in [1.165, 1.54) is 32.1 Å². The number of pyridine rings is 1. The molecule has 1 unspecified atom stereocenters. The molecule has 1 atom stereocenters. The molecule has 0 spiro atoms. The molecule has 34 heavy (non-hydrogen) atoms. The summed E-state index contributed by atoms with van der Waals surface area (Å²) >= 11 is 6.45. The Morgan fingerprint density at radius 3 is 2.68 bits per heavy atom. The van der Waals surface area contributed by atoms with Gasteiger partial charge in [0.25, 0.3) is 0 Å². The van der Waals surface area contributed by atoms with Crippen molar-refractivity contribution in [2.45, 2.75) is 70.8 Å². The topological polar surface area (TPSA) is 94.9 Å². The number of piperidine rings is 1. The minimum Gasteiger partial charge on any atom is -0.497 e. The van der Waals surface area contributed by atoms with Crippen LogP contribution in [0.25, 0.3) is 10.9 Å². The number of amides is 1. The van der Waals surface area contributed by atoms with Gasteiger partial charge in [-0.15, -0.1) is 0 Å². The number of carbonyl (C=O) groups is 1. The van der Waals surface area contributed by atoms with Crippen molar-refractivity contribution in [3.8, 4) is 5.75 Å². The van der Waals surface area contributed by atoms with Crippen LogP contribution in [-0.4, -0.2) is 52.8 Å². The van der Waals surface area contributed by atoms with Crippen LogP contribution in [0.15, 0.2) is 24.4 Å². The molecule has 0 saturated carbocycles. The molecule has 2 heterocycles. The van der Waals surface area contributed by atoms with E-state index in [2.05, 4.69) is 16.8 Å². The lowest BCUT2D eigenvalue weighted by Gasteiger charge is -2.40. The van der Waals surface area contributed by atoms with Gasteiger partial charge in [0.05, 0.1) is 29.2 Å². The molecule has 8 heteroatoms. The van der Waals surface area contributed by atoms with Gasteiger partial charge in [-0.3, -0.25) is 15.0 Å². The predicted molar refractivity (Wildman–Crippen MR) is 134 cm³/mol. The molecule has 0 radical (unpaired) electrons. The second-order valence-corrected chi connectivity index (χ2v) is 9.84. The number of likely N-dealkylation sites (tertiary alicyclic amines) is 1. The van der Waals surface area contributed by atoms with E-state index in [1.54, 1.807) is 13.3 Å². The van der Waals surface area contributed by atoms with Crippen LogP contribution in [0.4, 0.5) is 0 Å². The molecule has 1 aliphatic heterocycles. The molecule has 1 amide bonds. The number of benzene rings is 1. The fourth-order valence-electron chi connectivity index (χ4n) is 5.04. The highest BCUT2D eigenvalue weighted by Crippen LogP contribution is 2.41. The van der Waals surface area contributed by atoms with Crippen LogP contribution in [0.5, 0.6) is 5.75 Å². The van der Waals surface area contributed by atoms with Gasteiger partial charge < -0.3 is 14.7 Å². The molecular weight excluding hydrogens is 454 g/mol. The zero-order valence-electron chi connectivity index (χ0n) is 20.4. The standard InChI is InChI=1S/C26H38ClN3O4/c1-3-4-5-6-7-14-30-15-12-26(13-16-30,25(32)29-33)11-10-23(31)24-20-17-19(34-2)8-9-22(20)28-18-21(24)27/h8-9,17-18,23,31,33H,3-7,10-16H2,1-2H3,(H,29,32). The maximum atomic E-state index is 12.7. The molecule has 188 valence electrons. The lowest BCUT2D eigenvalue weighted by atomic mass is 9.73. The van der Waals surface area contributed by atoms with Crippen molar-refractivity contribution in [2.75, 3.05) is 26.7 Å². The van der Waals surface area contributed by atoms with Crippen LogP contribution in [-0.2, 0) is 4.79 Å². The normalized spacial score (nSPS) is 17.0. The number of fused-ring (bicyclic) bond motifs is 1. The Labute approximate surface area is 207 Å². The van der Waals surface area contributed by atoms with Gasteiger partial charge in [0.15, 0.2) is 0 Å². The van der Waals surface area contributed by atoms with Gasteiger partial charge in [-0.2, -0.15) is 0 Å². The van der Waals surface area contributed by atoms with Crippen LogP contribution < -0.4 is 10.2 Å². The highest BCUT2D eigenvalue weighted by atomic mass is 35.5. The lowest BCUT2D eigenvalue weighted by Crippen LogP contribution is -2.48. The van der Waals surface area contributed by atoms with Crippen LogP contribution in [0, 0.1) is 5.41 Å². The number of methoxy groups -OCH3 is 1. The highest BCUT2D eigenvalue weighted by Gasteiger charge is 2.41. The number of aliphatic hydroxyl groups is 1. The summed E-state index contributed by atoms with van der Waals surface area (Å²) in [6.45, 7) is 4.89. The van der Waals surface area contributed by atoms with Gasteiger partial charge in [-0.1, -0.05) is 44.2 Å². The number of nitrogens with zero attached hydrogens (tertiary/aromatic N) is 2. The number of aromatic nitrogens is 1. The molecule has 1 aromatic carbocycles. The van der Waals surface area contributed by atoms with Crippen molar-refractivity contribution in [1.82, 2.24) is 15.4 Å². The van der Waals surface area contributed by atoms with E-state index in [4.69, 9.17) is 16.3 Å². The molecule has 1 saturated heterocycles. The van der Waals surface area contributed by atoms with Crippen LogP contribution in [0.3, 0.4) is 0 Å². The number of unbranched alkanes of at least 4 members (excludes halogenated alkanes) is 4. The van der Waals surface area contributed by atoms with Gasteiger partial charge in [0, 0.05) is 17.1 Å². The van der Waals surface area contributed by atoms with E-state index < -0.39 is 11.5 Å². The van der Waals surface area contributed by atoms with Gasteiger partial charge in [-0.05, 0) is 69.9 Å². The third kappa shape index (κ3) is 6.39. The zero-order chi connectivity index (χ0) is 24.6. The number of hydrogen-bond donors (Lipinski definition) is 3. The number of nitrogens with one attached hydrogen (secondary N) is 1. The lowest BCUT2D eigenvalue weighted by molar-refractivity contribution is -0.143. The molecular formula is C26H38ClN3O4. The summed E-state index contributed by atoms with van der Waals surface area (Å²) in [6.07, 6.45) is 8.99. The Balaban J connectivity index is 1.67. The van der Waals surface area contributed by atoms with Crippen molar-refractivity contribution < 1.29 is 19.8 Å². The summed E-state index contributed by atoms with van der Waals surface area (Å²) in [4.78, 5) is 19.5. The minimum absolute atomic E-state index is 0.348. The fraction of sp³-hybridized carbons (Fsp3) is 0.615. The zero-order valence-corrected chi connectivity index (χ0v) is 21.1. The Morgan fingerprint density at radius 2 is 2.00 bits per heavy atom. The largest absolute Gasteiger partial charge is 0.497 e. The number of aliphatic hydroxyl groups excluding tert-OH is 1. The highest BCUT2D eigenvalue weighted by molar-refractivity contribution is 6.32. The van der Waals surface area contributed by atoms with Gasteiger partial charge in [0.1, 0.15) is 5.75 Å². The summed E-state index contributed by atoms with van der Waals surface area (Å²) in [7, 11) is 1.59. The summed E-state index contributed by atoms with van der Waals surface area (Å²) < 4.78 is 5.33. The Hall–Kier alpha value is -1.93. The number of carbonyl (C=O) groups excluding carboxylic acids is 1. The van der Waals surface area contributed by atoms with Gasteiger partial charge in [0.2, 0.25) is 5.91 Å². The first-order valence-corrected chi connectivity index (χ1v) is 12.8. The first-order chi connectivity index (χ1) is 16.4. The van der Waals surface area contributed by atoms with Gasteiger partial charge in [-0.25, -0.2) is 5.48 Å². The number of ether oxygens (including phenoxy) is 1. The number of halogens is 1. The van der Waals surface area contributed by atoms with Crippen molar-refractivity contribution in [2.24, 2.45) is 5.41 Å². The smallest absolute Gasteiger partial charge is 0.249 e. The number of hydrogen-bond acceptors (Lipinski definition) is 6. The molecule has 1 aromatic heterocycles. The fourth-order valence-corrected chi connectivity index (χ4v) is 5.32. The summed E-state index contributed by atoms with van der Waals surface area (Å²) in [6, 6.07) is 5.47. The molecule has 3 N–H and O–H groups in total. The van der Waals surface area contributed by atoms with Crippen LogP contribution in [0.1, 0.15) is 76.4 Å². The summed E-state index contributed by atoms with van der Waals surface area (Å²) in [5, 5.41) is 21.7. The average molecular weight is 492 g/mol. The molecule has 1 fully saturated rings. The third-order valence-corrected chi connectivity index (χ3v) is 7.57. The average Bonchev–Trinajstić information content (AvgIpc) is 2.87. The van der Waals surface area contributed by atoms with Crippen molar-refractivity contribution in [1.29, 1.82) is 0 Å². The molecule has 0 bridgehead atoms. The quantitative estimate of drug-likeness (QED) is 0.213. The summed E-state index contributed by atoms with van der Waals surface area (Å²) in [5.41, 5.74) is 2.49. The Morgan fingerprint density at radius 1 is 1.26 bits per heavy atom. The Kier molecular flexibility index (Phi) is 9.95.